The molecule has 0 amide bonds. The van der Waals surface area contributed by atoms with E-state index in [1.54, 1.807) is 0 Å². The Morgan fingerprint density at radius 3 is 1.89 bits per heavy atom. The van der Waals surface area contributed by atoms with E-state index in [9.17, 15) is 0 Å². The first-order valence-corrected chi connectivity index (χ1v) is 6.99. The molecule has 0 spiro atoms. The minimum absolute atomic E-state index is 0.434. The van der Waals surface area contributed by atoms with Crippen molar-refractivity contribution in [2.75, 3.05) is 7.05 Å². The number of hydrogen-bond acceptors (Lipinski definition) is 1. The number of rotatable bonds is 5. The minimum atomic E-state index is 0.434. The second-order valence-corrected chi connectivity index (χ2v) is 5.38. The molecule has 1 atom stereocenters. The van der Waals surface area contributed by atoms with Crippen LogP contribution in [-0.2, 0) is 6.42 Å². The van der Waals surface area contributed by atoms with Crippen molar-refractivity contribution in [1.29, 1.82) is 0 Å². The van der Waals surface area contributed by atoms with Crippen LogP contribution in [0.1, 0.15) is 31.0 Å². The molecular weight excluding hydrogens is 230 g/mol. The molecule has 0 fully saturated rings. The van der Waals surface area contributed by atoms with Crippen molar-refractivity contribution >= 4 is 0 Å². The highest BCUT2D eigenvalue weighted by atomic mass is 15.1. The van der Waals surface area contributed by atoms with Gasteiger partial charge >= 0.3 is 0 Å². The van der Waals surface area contributed by atoms with Crippen LogP contribution in [-0.4, -0.2) is 18.0 Å². The van der Waals surface area contributed by atoms with Crippen molar-refractivity contribution in [1.82, 2.24) is 4.90 Å². The molecule has 0 aliphatic heterocycles. The van der Waals surface area contributed by atoms with Crippen molar-refractivity contribution in [3.63, 3.8) is 0 Å². The largest absolute Gasteiger partial charge is 0.297 e. The second kappa shape index (κ2) is 6.53. The summed E-state index contributed by atoms with van der Waals surface area (Å²) >= 11 is 0. The normalized spacial score (nSPS) is 12.9. The molecule has 1 unspecified atom stereocenters. The number of nitrogens with zero attached hydrogens (tertiary/aromatic N) is 1. The summed E-state index contributed by atoms with van der Waals surface area (Å²) in [6, 6.07) is 22.5. The molecule has 0 heterocycles. The van der Waals surface area contributed by atoms with E-state index in [4.69, 9.17) is 0 Å². The van der Waals surface area contributed by atoms with E-state index < -0.39 is 0 Å². The monoisotopic (exact) mass is 253 g/mol. The molecule has 100 valence electrons. The fourth-order valence-corrected chi connectivity index (χ4v) is 2.37. The van der Waals surface area contributed by atoms with Crippen LogP contribution in [0.3, 0.4) is 0 Å². The zero-order chi connectivity index (χ0) is 13.7. The van der Waals surface area contributed by atoms with E-state index in [0.717, 1.165) is 6.42 Å². The van der Waals surface area contributed by atoms with Crippen molar-refractivity contribution in [3.8, 4) is 0 Å². The van der Waals surface area contributed by atoms with Crippen molar-refractivity contribution in [2.45, 2.75) is 32.4 Å². The van der Waals surface area contributed by atoms with Crippen LogP contribution in [0.25, 0.3) is 0 Å². The summed E-state index contributed by atoms with van der Waals surface area (Å²) < 4.78 is 0. The smallest absolute Gasteiger partial charge is 0.0388 e. The lowest BCUT2D eigenvalue weighted by Crippen LogP contribution is -2.32. The van der Waals surface area contributed by atoms with Gasteiger partial charge in [0.15, 0.2) is 0 Å². The van der Waals surface area contributed by atoms with E-state index in [-0.39, 0.29) is 0 Å². The lowest BCUT2D eigenvalue weighted by Gasteiger charge is -2.32. The van der Waals surface area contributed by atoms with Crippen LogP contribution in [0.15, 0.2) is 60.7 Å². The highest BCUT2D eigenvalue weighted by Crippen LogP contribution is 2.25. The third kappa shape index (κ3) is 3.68. The Hall–Kier alpha value is -1.60. The van der Waals surface area contributed by atoms with Gasteiger partial charge in [-0.15, -0.1) is 0 Å². The molecule has 1 heteroatoms. The van der Waals surface area contributed by atoms with Crippen LogP contribution in [0, 0.1) is 0 Å². The molecule has 0 bridgehead atoms. The maximum Gasteiger partial charge on any atom is 0.0388 e. The summed E-state index contributed by atoms with van der Waals surface area (Å²) in [6.45, 7) is 4.50. The van der Waals surface area contributed by atoms with Gasteiger partial charge in [-0.1, -0.05) is 60.7 Å². The average Bonchev–Trinajstić information content (AvgIpc) is 2.46. The Bertz CT molecular complexity index is 476. The molecule has 1 nitrogen and oxygen atoms in total. The highest BCUT2D eigenvalue weighted by Gasteiger charge is 2.19. The average molecular weight is 253 g/mol. The molecule has 2 aromatic carbocycles. The van der Waals surface area contributed by atoms with Crippen molar-refractivity contribution < 1.29 is 0 Å². The fourth-order valence-electron chi connectivity index (χ4n) is 2.37. The standard InChI is InChI=1S/C18H23N/c1-15(2)19(3)18(17-12-8-5-9-13-17)14-16-10-6-4-7-11-16/h4-13,15,18H,14H2,1-3H3. The Balaban J connectivity index is 2.25. The molecule has 19 heavy (non-hydrogen) atoms. The molecule has 0 aromatic heterocycles. The molecule has 0 aliphatic rings. The minimum Gasteiger partial charge on any atom is -0.297 e. The van der Waals surface area contributed by atoms with Gasteiger partial charge in [-0.25, -0.2) is 0 Å². The lowest BCUT2D eigenvalue weighted by atomic mass is 9.97. The maximum atomic E-state index is 2.45. The summed E-state index contributed by atoms with van der Waals surface area (Å²) in [5, 5.41) is 0. The SMILES string of the molecule is CC(C)N(C)C(Cc1ccccc1)c1ccccc1. The van der Waals surface area contributed by atoms with E-state index in [0.29, 0.717) is 12.1 Å². The Kier molecular flexibility index (Phi) is 4.75. The van der Waals surface area contributed by atoms with Gasteiger partial charge < -0.3 is 0 Å². The van der Waals surface area contributed by atoms with E-state index >= 15 is 0 Å². The van der Waals surface area contributed by atoms with E-state index in [2.05, 4.69) is 86.5 Å². The first-order chi connectivity index (χ1) is 9.18. The Morgan fingerprint density at radius 2 is 1.37 bits per heavy atom. The zero-order valence-corrected chi connectivity index (χ0v) is 12.1. The van der Waals surface area contributed by atoms with Gasteiger partial charge in [0.25, 0.3) is 0 Å². The van der Waals surface area contributed by atoms with Crippen molar-refractivity contribution in [2.24, 2.45) is 0 Å². The maximum absolute atomic E-state index is 2.45. The molecular formula is C18H23N. The van der Waals surface area contributed by atoms with Crippen LogP contribution >= 0.6 is 0 Å². The van der Waals surface area contributed by atoms with Gasteiger partial charge in [-0.05, 0) is 38.4 Å². The van der Waals surface area contributed by atoms with Crippen LogP contribution in [0.4, 0.5) is 0 Å². The molecule has 0 radical (unpaired) electrons. The summed E-state index contributed by atoms with van der Waals surface area (Å²) in [6.07, 6.45) is 1.06. The Labute approximate surface area is 116 Å². The van der Waals surface area contributed by atoms with E-state index in [1.165, 1.54) is 11.1 Å². The highest BCUT2D eigenvalue weighted by molar-refractivity contribution is 5.24. The summed E-state index contributed by atoms with van der Waals surface area (Å²) in [4.78, 5) is 2.45. The lowest BCUT2D eigenvalue weighted by molar-refractivity contribution is 0.195. The first-order valence-electron chi connectivity index (χ1n) is 6.99. The third-order valence-corrected chi connectivity index (χ3v) is 3.76. The number of benzene rings is 2. The van der Waals surface area contributed by atoms with Crippen molar-refractivity contribution in [3.05, 3.63) is 71.8 Å². The first kappa shape index (κ1) is 13.8. The molecule has 0 saturated heterocycles. The van der Waals surface area contributed by atoms with Crippen LogP contribution in [0.2, 0.25) is 0 Å². The van der Waals surface area contributed by atoms with E-state index in [1.807, 2.05) is 0 Å². The molecule has 0 aliphatic carbocycles. The van der Waals surface area contributed by atoms with Gasteiger partial charge in [0.2, 0.25) is 0 Å². The van der Waals surface area contributed by atoms with Gasteiger partial charge in [0.1, 0.15) is 0 Å². The van der Waals surface area contributed by atoms with Crippen LogP contribution < -0.4 is 0 Å². The van der Waals surface area contributed by atoms with Gasteiger partial charge in [0, 0.05) is 12.1 Å². The van der Waals surface area contributed by atoms with Gasteiger partial charge in [-0.2, -0.15) is 0 Å². The number of likely N-dealkylation sites (N-methyl/N-ethyl adjacent to an activating group) is 1. The fraction of sp³-hybridized carbons (Fsp3) is 0.333. The van der Waals surface area contributed by atoms with Crippen LogP contribution in [0.5, 0.6) is 0 Å². The molecule has 0 N–H and O–H groups in total. The summed E-state index contributed by atoms with van der Waals surface area (Å²) in [5.74, 6) is 0. The second-order valence-electron chi connectivity index (χ2n) is 5.38. The topological polar surface area (TPSA) is 3.24 Å². The number of hydrogen-bond donors (Lipinski definition) is 0. The molecule has 2 rings (SSSR count). The third-order valence-electron chi connectivity index (χ3n) is 3.76. The predicted molar refractivity (Wildman–Crippen MR) is 82.2 cm³/mol. The van der Waals surface area contributed by atoms with Gasteiger partial charge in [0.05, 0.1) is 0 Å². The predicted octanol–water partition coefficient (Wildman–Crippen LogP) is 4.31. The quantitative estimate of drug-likeness (QED) is 0.767. The molecule has 2 aromatic rings. The summed E-state index contributed by atoms with van der Waals surface area (Å²) in [7, 11) is 2.21. The Morgan fingerprint density at radius 1 is 0.842 bits per heavy atom. The molecule has 0 saturated carbocycles. The zero-order valence-electron chi connectivity index (χ0n) is 12.1. The van der Waals surface area contributed by atoms with Gasteiger partial charge in [-0.3, -0.25) is 4.90 Å². The summed E-state index contributed by atoms with van der Waals surface area (Å²) in [5.41, 5.74) is 2.78.